The Morgan fingerprint density at radius 2 is 2.16 bits per heavy atom. The number of halogens is 1. The number of rotatable bonds is 4. The maximum Gasteiger partial charge on any atom is 0.254 e. The molecule has 0 saturated carbocycles. The molecule has 0 aliphatic carbocycles. The molecule has 0 N–H and O–H groups in total. The summed E-state index contributed by atoms with van der Waals surface area (Å²) in [6.07, 6.45) is 0. The van der Waals surface area contributed by atoms with Crippen LogP contribution in [0.1, 0.15) is 17.3 Å². The van der Waals surface area contributed by atoms with Crippen LogP contribution >= 0.6 is 22.6 Å². The van der Waals surface area contributed by atoms with Crippen LogP contribution in [0, 0.1) is 3.57 Å². The Hall–Kier alpha value is -0.820. The van der Waals surface area contributed by atoms with Crippen molar-refractivity contribution in [3.63, 3.8) is 0 Å². The molecular weight excluding hydrogens is 355 g/mol. The first-order valence-corrected chi connectivity index (χ1v) is 7.48. The average Bonchev–Trinajstić information content (AvgIpc) is 2.29. The van der Waals surface area contributed by atoms with Crippen LogP contribution in [-0.4, -0.2) is 55.5 Å². The summed E-state index contributed by atoms with van der Waals surface area (Å²) in [6.45, 7) is 4.17. The maximum absolute atomic E-state index is 12.3. The number of hydrogen-bond donors (Lipinski definition) is 0. The van der Waals surface area contributed by atoms with Crippen LogP contribution in [0.3, 0.4) is 0 Å². The minimum absolute atomic E-state index is 0.0930. The number of likely N-dealkylation sites (N-methyl/N-ethyl adjacent to an activating group) is 1. The van der Waals surface area contributed by atoms with Gasteiger partial charge in [-0.1, -0.05) is 0 Å². The fraction of sp³-hybridized carbons (Fsp3) is 0.500. The number of nitrogens with zero attached hydrogens (tertiary/aromatic N) is 2. The van der Waals surface area contributed by atoms with Gasteiger partial charge in [-0.15, -0.1) is 0 Å². The number of benzene rings is 1. The highest BCUT2D eigenvalue weighted by Crippen LogP contribution is 2.24. The van der Waals surface area contributed by atoms with Crippen molar-refractivity contribution < 1.29 is 9.53 Å². The van der Waals surface area contributed by atoms with E-state index in [0.29, 0.717) is 18.2 Å². The van der Waals surface area contributed by atoms with Gasteiger partial charge in [0.15, 0.2) is 0 Å². The second-order valence-corrected chi connectivity index (χ2v) is 6.07. The SMILES string of the molecule is CCOc1cc(C(=O)N2CC(N(C)C)C2)ccc1I. The Morgan fingerprint density at radius 3 is 2.74 bits per heavy atom. The van der Waals surface area contributed by atoms with E-state index in [1.54, 1.807) is 0 Å². The number of carbonyl (C=O) groups excluding carboxylic acids is 1. The molecule has 1 aromatic rings. The molecule has 1 fully saturated rings. The molecule has 0 spiro atoms. The molecule has 0 bridgehead atoms. The quantitative estimate of drug-likeness (QED) is 0.757. The second-order valence-electron chi connectivity index (χ2n) is 4.91. The van der Waals surface area contributed by atoms with Gasteiger partial charge in [-0.25, -0.2) is 0 Å². The first kappa shape index (κ1) is 14.6. The van der Waals surface area contributed by atoms with E-state index in [4.69, 9.17) is 4.74 Å². The van der Waals surface area contributed by atoms with Crippen molar-refractivity contribution in [1.29, 1.82) is 0 Å². The molecule has 2 rings (SSSR count). The Bertz CT molecular complexity index is 471. The molecule has 104 valence electrons. The molecule has 0 aromatic heterocycles. The lowest BCUT2D eigenvalue weighted by Crippen LogP contribution is -2.59. The van der Waals surface area contributed by atoms with Gasteiger partial charge in [0.25, 0.3) is 5.91 Å². The molecule has 1 saturated heterocycles. The van der Waals surface area contributed by atoms with E-state index in [0.717, 1.165) is 22.4 Å². The highest BCUT2D eigenvalue weighted by atomic mass is 127. The van der Waals surface area contributed by atoms with Gasteiger partial charge in [0, 0.05) is 24.7 Å². The molecule has 1 aromatic carbocycles. The summed E-state index contributed by atoms with van der Waals surface area (Å²) in [5, 5.41) is 0. The average molecular weight is 374 g/mol. The lowest BCUT2D eigenvalue weighted by atomic mass is 10.1. The predicted molar refractivity (Wildman–Crippen MR) is 83.7 cm³/mol. The lowest BCUT2D eigenvalue weighted by Gasteiger charge is -2.42. The number of carbonyl (C=O) groups is 1. The molecule has 0 radical (unpaired) electrons. The summed E-state index contributed by atoms with van der Waals surface area (Å²) in [5.74, 6) is 0.883. The zero-order chi connectivity index (χ0) is 14.0. The normalized spacial score (nSPS) is 15.5. The fourth-order valence-corrected chi connectivity index (χ4v) is 2.52. The Kier molecular flexibility index (Phi) is 4.67. The van der Waals surface area contributed by atoms with E-state index in [2.05, 4.69) is 27.5 Å². The number of amides is 1. The molecule has 1 amide bonds. The number of likely N-dealkylation sites (tertiary alicyclic amines) is 1. The highest BCUT2D eigenvalue weighted by molar-refractivity contribution is 14.1. The molecule has 5 heteroatoms. The van der Waals surface area contributed by atoms with E-state index in [1.807, 2.05) is 44.1 Å². The molecule has 4 nitrogen and oxygen atoms in total. The molecule has 19 heavy (non-hydrogen) atoms. The third-order valence-corrected chi connectivity index (χ3v) is 4.25. The number of ether oxygens (including phenoxy) is 1. The summed E-state index contributed by atoms with van der Waals surface area (Å²) >= 11 is 2.22. The van der Waals surface area contributed by atoms with Crippen molar-refractivity contribution in [3.05, 3.63) is 27.3 Å². The zero-order valence-corrected chi connectivity index (χ0v) is 13.7. The summed E-state index contributed by atoms with van der Waals surface area (Å²) in [5.41, 5.74) is 0.709. The fourth-order valence-electron chi connectivity index (χ4n) is 2.03. The van der Waals surface area contributed by atoms with Crippen LogP contribution < -0.4 is 4.74 Å². The molecule has 0 atom stereocenters. The monoisotopic (exact) mass is 374 g/mol. The van der Waals surface area contributed by atoms with Gasteiger partial charge in [0.2, 0.25) is 0 Å². The van der Waals surface area contributed by atoms with Crippen LogP contribution in [0.2, 0.25) is 0 Å². The smallest absolute Gasteiger partial charge is 0.254 e. The van der Waals surface area contributed by atoms with E-state index in [1.165, 1.54) is 0 Å². The largest absolute Gasteiger partial charge is 0.493 e. The number of hydrogen-bond acceptors (Lipinski definition) is 3. The minimum Gasteiger partial charge on any atom is -0.493 e. The summed E-state index contributed by atoms with van der Waals surface area (Å²) < 4.78 is 6.56. The van der Waals surface area contributed by atoms with Crippen molar-refractivity contribution in [3.8, 4) is 5.75 Å². The third kappa shape index (κ3) is 3.20. The lowest BCUT2D eigenvalue weighted by molar-refractivity contribution is 0.0399. The van der Waals surface area contributed by atoms with Crippen LogP contribution in [0.15, 0.2) is 18.2 Å². The van der Waals surface area contributed by atoms with Crippen LogP contribution in [0.4, 0.5) is 0 Å². The van der Waals surface area contributed by atoms with Crippen molar-refractivity contribution in [1.82, 2.24) is 9.80 Å². The second kappa shape index (κ2) is 6.09. The van der Waals surface area contributed by atoms with E-state index in [9.17, 15) is 4.79 Å². The van der Waals surface area contributed by atoms with Gasteiger partial charge in [-0.05, 0) is 61.8 Å². The van der Waals surface area contributed by atoms with E-state index < -0.39 is 0 Å². The maximum atomic E-state index is 12.3. The topological polar surface area (TPSA) is 32.8 Å². The first-order chi connectivity index (χ1) is 9.02. The molecule has 0 unspecified atom stereocenters. The Morgan fingerprint density at radius 1 is 1.47 bits per heavy atom. The molecule has 1 heterocycles. The molecular formula is C14H19IN2O2. The van der Waals surface area contributed by atoms with Gasteiger partial charge >= 0.3 is 0 Å². The third-order valence-electron chi connectivity index (χ3n) is 3.36. The van der Waals surface area contributed by atoms with Gasteiger partial charge in [-0.2, -0.15) is 0 Å². The van der Waals surface area contributed by atoms with Gasteiger partial charge in [0.1, 0.15) is 5.75 Å². The van der Waals surface area contributed by atoms with Crippen molar-refractivity contribution >= 4 is 28.5 Å². The predicted octanol–water partition coefficient (Wildman–Crippen LogP) is 2.08. The van der Waals surface area contributed by atoms with Crippen LogP contribution in [-0.2, 0) is 0 Å². The van der Waals surface area contributed by atoms with E-state index >= 15 is 0 Å². The van der Waals surface area contributed by atoms with Crippen LogP contribution in [0.25, 0.3) is 0 Å². The van der Waals surface area contributed by atoms with Gasteiger partial charge < -0.3 is 14.5 Å². The van der Waals surface area contributed by atoms with Crippen molar-refractivity contribution in [2.45, 2.75) is 13.0 Å². The molecule has 1 aliphatic rings. The van der Waals surface area contributed by atoms with E-state index in [-0.39, 0.29) is 5.91 Å². The summed E-state index contributed by atoms with van der Waals surface area (Å²) in [6, 6.07) is 6.13. The zero-order valence-electron chi connectivity index (χ0n) is 11.5. The van der Waals surface area contributed by atoms with Gasteiger partial charge in [-0.3, -0.25) is 4.79 Å². The summed E-state index contributed by atoms with van der Waals surface area (Å²) in [4.78, 5) is 16.3. The van der Waals surface area contributed by atoms with Gasteiger partial charge in [0.05, 0.1) is 10.2 Å². The minimum atomic E-state index is 0.0930. The van der Waals surface area contributed by atoms with Crippen molar-refractivity contribution in [2.75, 3.05) is 33.8 Å². The molecule has 1 aliphatic heterocycles. The first-order valence-electron chi connectivity index (χ1n) is 6.41. The van der Waals surface area contributed by atoms with Crippen LogP contribution in [0.5, 0.6) is 5.75 Å². The Balaban J connectivity index is 2.06. The van der Waals surface area contributed by atoms with Crippen molar-refractivity contribution in [2.24, 2.45) is 0 Å². The standard InChI is InChI=1S/C14H19IN2O2/c1-4-19-13-7-10(5-6-12(13)15)14(18)17-8-11(9-17)16(2)3/h5-7,11H,4,8-9H2,1-3H3. The highest BCUT2D eigenvalue weighted by Gasteiger charge is 2.32. The summed E-state index contributed by atoms with van der Waals surface area (Å²) in [7, 11) is 4.09. The Labute approximate surface area is 127 Å².